The third-order valence-corrected chi connectivity index (χ3v) is 6.78. The van der Waals surface area contributed by atoms with E-state index in [4.69, 9.17) is 4.98 Å². The largest absolute Gasteiger partial charge is 0.367 e. The third-order valence-electron chi connectivity index (χ3n) is 6.78. The predicted molar refractivity (Wildman–Crippen MR) is 152 cm³/mol. The molecule has 194 valence electrons. The number of H-pyrrole nitrogens is 2. The van der Waals surface area contributed by atoms with Crippen molar-refractivity contribution in [1.82, 2.24) is 30.5 Å². The molecule has 4 heterocycles. The number of hydrogen-bond donors (Lipinski definition) is 4. The van der Waals surface area contributed by atoms with Crippen LogP contribution in [0.1, 0.15) is 27.2 Å². The molecule has 0 unspecified atom stereocenters. The van der Waals surface area contributed by atoms with Crippen LogP contribution < -0.4 is 15.5 Å². The molecule has 38 heavy (non-hydrogen) atoms. The van der Waals surface area contributed by atoms with E-state index in [0.717, 1.165) is 76.4 Å². The Bertz CT molecular complexity index is 1620. The van der Waals surface area contributed by atoms with E-state index >= 15 is 0 Å². The fourth-order valence-corrected chi connectivity index (χ4v) is 5.02. The van der Waals surface area contributed by atoms with Crippen molar-refractivity contribution in [3.05, 3.63) is 54.9 Å². The first-order chi connectivity index (χ1) is 18.3. The Morgan fingerprint density at radius 2 is 1.87 bits per heavy atom. The van der Waals surface area contributed by atoms with Gasteiger partial charge in [-0.2, -0.15) is 5.10 Å². The second kappa shape index (κ2) is 9.57. The Kier molecular flexibility index (Phi) is 6.07. The minimum absolute atomic E-state index is 0.0194. The smallest absolute Gasteiger partial charge is 0.224 e. The van der Waals surface area contributed by atoms with Crippen molar-refractivity contribution in [1.29, 1.82) is 0 Å². The van der Waals surface area contributed by atoms with Crippen molar-refractivity contribution in [2.75, 3.05) is 36.4 Å². The van der Waals surface area contributed by atoms with Crippen LogP contribution >= 0.6 is 0 Å². The number of anilines is 2. The molecule has 5 aromatic rings. The Balaban J connectivity index is 1.33. The van der Waals surface area contributed by atoms with Crippen LogP contribution in [0.4, 0.5) is 11.4 Å². The number of nitrogens with zero attached hydrogens (tertiary/aromatic N) is 4. The van der Waals surface area contributed by atoms with Gasteiger partial charge in [-0.25, -0.2) is 4.98 Å². The number of para-hydroxylation sites is 1. The summed E-state index contributed by atoms with van der Waals surface area (Å²) in [5.41, 5.74) is 7.29. The van der Waals surface area contributed by atoms with Gasteiger partial charge in [0, 0.05) is 49.7 Å². The van der Waals surface area contributed by atoms with E-state index in [1.807, 2.05) is 39.0 Å². The minimum Gasteiger partial charge on any atom is -0.367 e. The van der Waals surface area contributed by atoms with Gasteiger partial charge in [-0.05, 0) is 41.3 Å². The van der Waals surface area contributed by atoms with Crippen molar-refractivity contribution in [2.45, 2.75) is 27.2 Å². The Morgan fingerprint density at radius 1 is 1.03 bits per heavy atom. The summed E-state index contributed by atoms with van der Waals surface area (Å²) in [6, 6.07) is 14.4. The monoisotopic (exact) mass is 508 g/mol. The number of hydrogen-bond acceptors (Lipinski definition) is 6. The quantitative estimate of drug-likeness (QED) is 0.267. The number of aromatic amines is 2. The van der Waals surface area contributed by atoms with Crippen molar-refractivity contribution in [3.8, 4) is 22.6 Å². The number of pyridine rings is 1. The van der Waals surface area contributed by atoms with E-state index in [0.29, 0.717) is 12.1 Å². The number of nitrogens with one attached hydrogen (secondary N) is 4. The van der Waals surface area contributed by atoms with Crippen LogP contribution in [-0.2, 0) is 4.79 Å². The Morgan fingerprint density at radius 3 is 2.68 bits per heavy atom. The normalized spacial score (nSPS) is 14.3. The van der Waals surface area contributed by atoms with Crippen LogP contribution in [0.2, 0.25) is 0 Å². The van der Waals surface area contributed by atoms with E-state index in [2.05, 4.69) is 60.0 Å². The van der Waals surface area contributed by atoms with E-state index in [9.17, 15) is 4.79 Å². The zero-order valence-electron chi connectivity index (χ0n) is 21.9. The molecule has 4 N–H and O–H groups in total. The highest BCUT2D eigenvalue weighted by atomic mass is 16.1. The molecule has 0 saturated carbocycles. The standard InChI is InChI=1S/C29H32N8O/c1-29(2,3)15-25(38)32-20-13-19(16-31-17-20)18-7-8-22-21(14-18)26(36-35-22)28-33-23-5-4-6-24(27(23)34-28)37-11-9-30-10-12-37/h4-8,13-14,16-17,30H,9-12,15H2,1-3H3,(H,32,38)(H,33,34)(H,35,36). The van der Waals surface area contributed by atoms with Crippen LogP contribution in [0.25, 0.3) is 44.6 Å². The predicted octanol–water partition coefficient (Wildman–Crippen LogP) is 4.95. The lowest BCUT2D eigenvalue weighted by atomic mass is 9.92. The van der Waals surface area contributed by atoms with Crippen LogP contribution in [0, 0.1) is 5.41 Å². The van der Waals surface area contributed by atoms with E-state index in [1.165, 1.54) is 0 Å². The molecule has 2 aromatic carbocycles. The summed E-state index contributed by atoms with van der Waals surface area (Å²) in [4.78, 5) is 27.7. The molecule has 1 fully saturated rings. The maximum atomic E-state index is 12.4. The Hall–Kier alpha value is -4.24. The molecule has 1 aliphatic rings. The first kappa shape index (κ1) is 24.1. The number of imidazole rings is 1. The molecule has 1 amide bonds. The van der Waals surface area contributed by atoms with Crippen LogP contribution in [0.15, 0.2) is 54.9 Å². The zero-order valence-corrected chi connectivity index (χ0v) is 21.9. The zero-order chi connectivity index (χ0) is 26.3. The van der Waals surface area contributed by atoms with Crippen molar-refractivity contribution in [2.24, 2.45) is 5.41 Å². The third kappa shape index (κ3) is 4.84. The molecule has 0 aliphatic carbocycles. The maximum Gasteiger partial charge on any atom is 0.224 e. The molecular formula is C29H32N8O. The van der Waals surface area contributed by atoms with Crippen molar-refractivity contribution >= 4 is 39.2 Å². The highest BCUT2D eigenvalue weighted by Crippen LogP contribution is 2.33. The van der Waals surface area contributed by atoms with Gasteiger partial charge in [0.05, 0.1) is 28.6 Å². The summed E-state index contributed by atoms with van der Waals surface area (Å²) in [6.07, 6.45) is 3.92. The second-order valence-electron chi connectivity index (χ2n) is 11.1. The Labute approximate surface area is 221 Å². The lowest BCUT2D eigenvalue weighted by Gasteiger charge is -2.29. The van der Waals surface area contributed by atoms with Crippen LogP contribution in [0.5, 0.6) is 0 Å². The molecule has 1 aliphatic heterocycles. The molecular weight excluding hydrogens is 476 g/mol. The lowest BCUT2D eigenvalue weighted by Crippen LogP contribution is -2.43. The van der Waals surface area contributed by atoms with Gasteiger partial charge in [-0.3, -0.25) is 14.9 Å². The molecule has 3 aromatic heterocycles. The van der Waals surface area contributed by atoms with Gasteiger partial charge in [0.1, 0.15) is 11.2 Å². The van der Waals surface area contributed by atoms with E-state index in [-0.39, 0.29) is 11.3 Å². The SMILES string of the molecule is CC(C)(C)CC(=O)Nc1cncc(-c2ccc3[nH]nc(-c4nc5c(N6CCNCC6)cccc5[nH]4)c3c2)c1. The number of piperazine rings is 1. The second-order valence-corrected chi connectivity index (χ2v) is 11.1. The number of aromatic nitrogens is 5. The number of benzene rings is 2. The summed E-state index contributed by atoms with van der Waals surface area (Å²) < 4.78 is 0. The summed E-state index contributed by atoms with van der Waals surface area (Å²) in [7, 11) is 0. The average Bonchev–Trinajstić information content (AvgIpc) is 3.51. The molecule has 0 radical (unpaired) electrons. The molecule has 0 spiro atoms. The number of fused-ring (bicyclic) bond motifs is 2. The number of carbonyl (C=O) groups excluding carboxylic acids is 1. The minimum atomic E-state index is -0.0831. The summed E-state index contributed by atoms with van der Waals surface area (Å²) >= 11 is 0. The average molecular weight is 509 g/mol. The number of amides is 1. The number of carbonyl (C=O) groups is 1. The van der Waals surface area contributed by atoms with Crippen LogP contribution in [0.3, 0.4) is 0 Å². The van der Waals surface area contributed by atoms with E-state index < -0.39 is 0 Å². The first-order valence-electron chi connectivity index (χ1n) is 13.0. The number of rotatable bonds is 5. The van der Waals surface area contributed by atoms with Gasteiger partial charge in [0.2, 0.25) is 5.91 Å². The molecule has 6 rings (SSSR count). The van der Waals surface area contributed by atoms with Gasteiger partial charge < -0.3 is 20.5 Å². The molecule has 1 saturated heterocycles. The molecule has 0 bridgehead atoms. The first-order valence-corrected chi connectivity index (χ1v) is 13.0. The van der Waals surface area contributed by atoms with Gasteiger partial charge in [-0.1, -0.05) is 32.9 Å². The molecule has 9 heteroatoms. The van der Waals surface area contributed by atoms with Gasteiger partial charge >= 0.3 is 0 Å². The van der Waals surface area contributed by atoms with Gasteiger partial charge in [0.15, 0.2) is 5.82 Å². The van der Waals surface area contributed by atoms with Crippen molar-refractivity contribution in [3.63, 3.8) is 0 Å². The maximum absolute atomic E-state index is 12.4. The van der Waals surface area contributed by atoms with Crippen molar-refractivity contribution < 1.29 is 4.79 Å². The fraction of sp³-hybridized carbons (Fsp3) is 0.310. The lowest BCUT2D eigenvalue weighted by molar-refractivity contribution is -0.117. The fourth-order valence-electron chi connectivity index (χ4n) is 5.02. The van der Waals surface area contributed by atoms with Crippen LogP contribution in [-0.4, -0.2) is 57.2 Å². The highest BCUT2D eigenvalue weighted by molar-refractivity contribution is 5.98. The molecule has 0 atom stereocenters. The summed E-state index contributed by atoms with van der Waals surface area (Å²) in [5.74, 6) is 0.710. The highest BCUT2D eigenvalue weighted by Gasteiger charge is 2.19. The van der Waals surface area contributed by atoms with E-state index in [1.54, 1.807) is 12.4 Å². The molecule has 9 nitrogen and oxygen atoms in total. The summed E-state index contributed by atoms with van der Waals surface area (Å²) in [6.45, 7) is 10.00. The summed E-state index contributed by atoms with van der Waals surface area (Å²) in [5, 5.41) is 15.1. The van der Waals surface area contributed by atoms with Gasteiger partial charge in [0.25, 0.3) is 0 Å². The topological polar surface area (TPSA) is 115 Å². The van der Waals surface area contributed by atoms with Gasteiger partial charge in [-0.15, -0.1) is 0 Å².